The van der Waals surface area contributed by atoms with Crippen molar-refractivity contribution in [3.63, 3.8) is 0 Å². The van der Waals surface area contributed by atoms with E-state index in [0.29, 0.717) is 6.07 Å². The van der Waals surface area contributed by atoms with Gasteiger partial charge >= 0.3 is 6.18 Å². The molecular weight excluding hydrogens is 511 g/mol. The highest BCUT2D eigenvalue weighted by Crippen LogP contribution is 2.38. The Kier molecular flexibility index (Phi) is 8.01. The van der Waals surface area contributed by atoms with Gasteiger partial charge in [-0.25, -0.2) is 8.78 Å². The molecule has 3 aromatic rings. The molecule has 0 fully saturated rings. The number of anilines is 1. The normalized spacial score (nSPS) is 10.7. The van der Waals surface area contributed by atoms with Crippen LogP contribution in [0.2, 0.25) is 0 Å². The van der Waals surface area contributed by atoms with Gasteiger partial charge < -0.3 is 15.8 Å². The molecule has 0 aliphatic rings. The third-order valence-electron chi connectivity index (χ3n) is 5.00. The van der Waals surface area contributed by atoms with Crippen LogP contribution in [0.4, 0.5) is 27.6 Å². The molecule has 0 aliphatic carbocycles. The minimum absolute atomic E-state index is 0.00660. The van der Waals surface area contributed by atoms with Crippen LogP contribution in [0.15, 0.2) is 48.5 Å². The fourth-order valence-electron chi connectivity index (χ4n) is 3.33. The minimum atomic E-state index is -4.85. The maximum Gasteiger partial charge on any atom is 0.417 e. The molecule has 38 heavy (non-hydrogen) atoms. The molecule has 2 amide bonds. The fourth-order valence-corrected chi connectivity index (χ4v) is 3.33. The molecule has 0 spiro atoms. The summed E-state index contributed by atoms with van der Waals surface area (Å²) >= 11 is 0. The lowest BCUT2D eigenvalue weighted by Crippen LogP contribution is -2.36. The van der Waals surface area contributed by atoms with Gasteiger partial charge in [-0.15, -0.1) is 5.92 Å². The van der Waals surface area contributed by atoms with E-state index in [-0.39, 0.29) is 22.6 Å². The number of rotatable bonds is 5. The Labute approximate surface area is 213 Å². The van der Waals surface area contributed by atoms with Crippen molar-refractivity contribution in [2.24, 2.45) is 5.73 Å². The standard InChI is InChI=1S/C26H19F5N4O3/c1-3-4-14-10-18(24(37)34-16-6-7-20(28)17(11-16)23(36)35-25(32)33)22(12-19(14)26(29,30)31)38-21-8-5-15(27)9-13(21)2/h5-12H,1-2H3,(H,34,37)(H4,32,33,35,36). The molecule has 0 aromatic heterocycles. The second-order valence-electron chi connectivity index (χ2n) is 7.80. The first-order valence-electron chi connectivity index (χ1n) is 10.7. The summed E-state index contributed by atoms with van der Waals surface area (Å²) in [6.45, 7) is 2.78. The molecule has 0 bridgehead atoms. The van der Waals surface area contributed by atoms with Gasteiger partial charge in [0.2, 0.25) is 0 Å². The zero-order valence-corrected chi connectivity index (χ0v) is 19.8. The topological polar surface area (TPSA) is 117 Å². The van der Waals surface area contributed by atoms with Crippen LogP contribution in [-0.2, 0) is 6.18 Å². The number of hydrogen-bond acceptors (Lipinski definition) is 4. The van der Waals surface area contributed by atoms with Crippen LogP contribution in [-0.4, -0.2) is 17.8 Å². The molecule has 0 radical (unpaired) electrons. The molecule has 0 heterocycles. The predicted molar refractivity (Wildman–Crippen MR) is 129 cm³/mol. The zero-order chi connectivity index (χ0) is 28.2. The van der Waals surface area contributed by atoms with E-state index in [0.717, 1.165) is 36.4 Å². The maximum absolute atomic E-state index is 14.1. The van der Waals surface area contributed by atoms with E-state index >= 15 is 0 Å². The number of amides is 2. The SMILES string of the molecule is CC#Cc1cc(C(=O)Nc2ccc(F)c(C(=O)NC(=N)N)c2)c(Oc2ccc(F)cc2C)cc1C(F)(F)F. The molecule has 0 saturated heterocycles. The van der Waals surface area contributed by atoms with Crippen molar-refractivity contribution >= 4 is 23.5 Å². The van der Waals surface area contributed by atoms with Gasteiger partial charge in [0, 0.05) is 11.3 Å². The largest absolute Gasteiger partial charge is 0.456 e. The highest BCUT2D eigenvalue weighted by Gasteiger charge is 2.35. The number of aryl methyl sites for hydroxylation is 1. The number of carbonyl (C=O) groups is 2. The van der Waals surface area contributed by atoms with Crippen LogP contribution in [0.25, 0.3) is 0 Å². The lowest BCUT2D eigenvalue weighted by Gasteiger charge is -2.17. The van der Waals surface area contributed by atoms with E-state index in [1.54, 1.807) is 0 Å². The number of guanidine groups is 1. The molecular formula is C26H19F5N4O3. The molecule has 5 N–H and O–H groups in total. The van der Waals surface area contributed by atoms with Gasteiger partial charge in [0.05, 0.1) is 16.7 Å². The van der Waals surface area contributed by atoms with E-state index in [9.17, 15) is 31.5 Å². The summed E-state index contributed by atoms with van der Waals surface area (Å²) in [4.78, 5) is 25.3. The van der Waals surface area contributed by atoms with E-state index in [1.807, 2.05) is 5.32 Å². The van der Waals surface area contributed by atoms with Crippen LogP contribution >= 0.6 is 0 Å². The number of alkyl halides is 3. The number of halogens is 5. The number of hydrogen-bond donors (Lipinski definition) is 4. The molecule has 12 heteroatoms. The van der Waals surface area contributed by atoms with E-state index in [1.165, 1.54) is 19.9 Å². The predicted octanol–water partition coefficient (Wildman–Crippen LogP) is 5.33. The maximum atomic E-state index is 14.1. The summed E-state index contributed by atoms with van der Waals surface area (Å²) in [5.74, 6) is -0.196. The molecule has 7 nitrogen and oxygen atoms in total. The van der Waals surface area contributed by atoms with Crippen molar-refractivity contribution in [2.45, 2.75) is 20.0 Å². The van der Waals surface area contributed by atoms with Crippen LogP contribution in [0.5, 0.6) is 11.5 Å². The third-order valence-corrected chi connectivity index (χ3v) is 5.00. The summed E-state index contributed by atoms with van der Waals surface area (Å²) in [7, 11) is 0. The van der Waals surface area contributed by atoms with Crippen LogP contribution in [0, 0.1) is 35.8 Å². The monoisotopic (exact) mass is 530 g/mol. The average Bonchev–Trinajstić information content (AvgIpc) is 2.81. The minimum Gasteiger partial charge on any atom is -0.456 e. The summed E-state index contributed by atoms with van der Waals surface area (Å²) in [6, 6.07) is 7.75. The molecule has 3 aromatic carbocycles. The highest BCUT2D eigenvalue weighted by molar-refractivity contribution is 6.08. The van der Waals surface area contributed by atoms with Gasteiger partial charge in [-0.05, 0) is 67.9 Å². The number of carbonyl (C=O) groups excluding carboxylic acids is 2. The van der Waals surface area contributed by atoms with Gasteiger partial charge in [0.25, 0.3) is 11.8 Å². The van der Waals surface area contributed by atoms with Gasteiger partial charge in [-0.1, -0.05) is 5.92 Å². The number of nitrogens with two attached hydrogens (primary N) is 1. The second-order valence-corrected chi connectivity index (χ2v) is 7.80. The second kappa shape index (κ2) is 11.0. The zero-order valence-electron chi connectivity index (χ0n) is 19.8. The Hall–Kier alpha value is -4.92. The number of benzene rings is 3. The van der Waals surface area contributed by atoms with Crippen LogP contribution < -0.4 is 21.1 Å². The number of nitrogens with one attached hydrogen (secondary N) is 3. The van der Waals surface area contributed by atoms with Crippen molar-refractivity contribution in [1.29, 1.82) is 5.41 Å². The van der Waals surface area contributed by atoms with Crippen molar-refractivity contribution < 1.29 is 36.3 Å². The van der Waals surface area contributed by atoms with Gasteiger partial charge in [-0.2, -0.15) is 13.2 Å². The highest BCUT2D eigenvalue weighted by atomic mass is 19.4. The first-order valence-corrected chi connectivity index (χ1v) is 10.7. The van der Waals surface area contributed by atoms with Crippen molar-refractivity contribution in [3.05, 3.63) is 88.0 Å². The van der Waals surface area contributed by atoms with Gasteiger partial charge in [0.15, 0.2) is 5.96 Å². The average molecular weight is 530 g/mol. The molecule has 0 saturated carbocycles. The van der Waals surface area contributed by atoms with Crippen LogP contribution in [0.3, 0.4) is 0 Å². The summed E-state index contributed by atoms with van der Waals surface area (Å²) in [5.41, 5.74) is 2.64. The Morgan fingerprint density at radius 2 is 1.68 bits per heavy atom. The molecule has 0 atom stereocenters. The third kappa shape index (κ3) is 6.44. The fraction of sp³-hybridized carbons (Fsp3) is 0.115. The summed E-state index contributed by atoms with van der Waals surface area (Å²) in [6.07, 6.45) is -4.85. The first-order chi connectivity index (χ1) is 17.8. The lowest BCUT2D eigenvalue weighted by atomic mass is 10.0. The number of ether oxygens (including phenoxy) is 1. The van der Waals surface area contributed by atoms with E-state index in [2.05, 4.69) is 17.2 Å². The lowest BCUT2D eigenvalue weighted by molar-refractivity contribution is -0.137. The van der Waals surface area contributed by atoms with Crippen molar-refractivity contribution in [3.8, 4) is 23.3 Å². The molecule has 0 unspecified atom stereocenters. The Morgan fingerprint density at radius 1 is 0.974 bits per heavy atom. The van der Waals surface area contributed by atoms with Crippen molar-refractivity contribution in [1.82, 2.24) is 5.32 Å². The van der Waals surface area contributed by atoms with Crippen molar-refractivity contribution in [2.75, 3.05) is 5.32 Å². The summed E-state index contributed by atoms with van der Waals surface area (Å²) in [5, 5.41) is 11.4. The Morgan fingerprint density at radius 3 is 2.29 bits per heavy atom. The molecule has 196 valence electrons. The Balaban J connectivity index is 2.10. The quantitative estimate of drug-likeness (QED) is 0.154. The molecule has 0 aliphatic heterocycles. The summed E-state index contributed by atoms with van der Waals surface area (Å²) < 4.78 is 74.6. The smallest absolute Gasteiger partial charge is 0.417 e. The Bertz CT molecular complexity index is 1510. The van der Waals surface area contributed by atoms with Gasteiger partial charge in [0.1, 0.15) is 23.1 Å². The van der Waals surface area contributed by atoms with Gasteiger partial charge in [-0.3, -0.25) is 20.3 Å². The first kappa shape index (κ1) is 27.7. The molecule has 3 rings (SSSR count). The van der Waals surface area contributed by atoms with Crippen LogP contribution in [0.1, 0.15) is 44.3 Å². The van der Waals surface area contributed by atoms with E-state index < -0.39 is 58.0 Å². The van der Waals surface area contributed by atoms with E-state index in [4.69, 9.17) is 15.9 Å².